The van der Waals surface area contributed by atoms with Crippen LogP contribution in [-0.2, 0) is 0 Å². The fraction of sp³-hybridized carbons (Fsp3) is 0.625. The number of benzene rings is 1. The van der Waals surface area contributed by atoms with Gasteiger partial charge in [0, 0.05) is 12.6 Å². The first-order valence-corrected chi connectivity index (χ1v) is 7.73. The molecule has 1 aliphatic rings. The van der Waals surface area contributed by atoms with E-state index in [1.54, 1.807) is 6.07 Å². The third-order valence-corrected chi connectivity index (χ3v) is 4.37. The van der Waals surface area contributed by atoms with Crippen molar-refractivity contribution in [1.82, 2.24) is 0 Å². The highest BCUT2D eigenvalue weighted by Gasteiger charge is 2.35. The Morgan fingerprint density at radius 1 is 1.38 bits per heavy atom. The van der Waals surface area contributed by atoms with Crippen molar-refractivity contribution >= 4 is 17.1 Å². The van der Waals surface area contributed by atoms with Gasteiger partial charge < -0.3 is 10.6 Å². The summed E-state index contributed by atoms with van der Waals surface area (Å²) in [6, 6.07) is 5.75. The van der Waals surface area contributed by atoms with E-state index >= 15 is 0 Å². The average molecular weight is 291 g/mol. The van der Waals surface area contributed by atoms with Crippen molar-refractivity contribution in [2.45, 2.75) is 52.5 Å². The SMILES string of the molecule is CCCNc1cccc(NC2CCCC2(C)C)c1[N+](=O)[O-]. The van der Waals surface area contributed by atoms with Gasteiger partial charge in [-0.15, -0.1) is 0 Å². The Balaban J connectivity index is 2.28. The summed E-state index contributed by atoms with van der Waals surface area (Å²) in [6.07, 6.45) is 4.33. The van der Waals surface area contributed by atoms with Crippen LogP contribution in [0.5, 0.6) is 0 Å². The molecule has 5 heteroatoms. The minimum absolute atomic E-state index is 0.161. The van der Waals surface area contributed by atoms with Crippen molar-refractivity contribution in [3.05, 3.63) is 28.3 Å². The number of nitrogens with one attached hydrogen (secondary N) is 2. The molecule has 116 valence electrons. The van der Waals surface area contributed by atoms with Gasteiger partial charge >= 0.3 is 5.69 Å². The van der Waals surface area contributed by atoms with E-state index in [1.165, 1.54) is 6.42 Å². The van der Waals surface area contributed by atoms with Gasteiger partial charge in [-0.05, 0) is 36.8 Å². The molecule has 0 amide bonds. The number of nitro benzene ring substituents is 1. The molecule has 0 saturated heterocycles. The van der Waals surface area contributed by atoms with Crippen LogP contribution in [0.25, 0.3) is 0 Å². The van der Waals surface area contributed by atoms with Gasteiger partial charge in [-0.2, -0.15) is 0 Å². The van der Waals surface area contributed by atoms with E-state index in [0.29, 0.717) is 11.4 Å². The van der Waals surface area contributed by atoms with Gasteiger partial charge in [-0.3, -0.25) is 10.1 Å². The van der Waals surface area contributed by atoms with Crippen LogP contribution < -0.4 is 10.6 Å². The Kier molecular flexibility index (Phi) is 4.70. The van der Waals surface area contributed by atoms with Gasteiger partial charge in [0.25, 0.3) is 0 Å². The molecule has 0 heterocycles. The molecular formula is C16H25N3O2. The predicted octanol–water partition coefficient (Wildman–Crippen LogP) is 4.41. The molecule has 2 rings (SSSR count). The van der Waals surface area contributed by atoms with Gasteiger partial charge in [0.2, 0.25) is 0 Å². The van der Waals surface area contributed by atoms with Gasteiger partial charge in [-0.25, -0.2) is 0 Å². The van der Waals surface area contributed by atoms with Crippen LogP contribution in [0.2, 0.25) is 0 Å². The van der Waals surface area contributed by atoms with Crippen molar-refractivity contribution in [2.75, 3.05) is 17.2 Å². The summed E-state index contributed by atoms with van der Waals surface area (Å²) in [4.78, 5) is 11.2. The maximum atomic E-state index is 11.5. The van der Waals surface area contributed by atoms with Crippen molar-refractivity contribution in [2.24, 2.45) is 5.41 Å². The predicted molar refractivity (Wildman–Crippen MR) is 86.9 cm³/mol. The number of anilines is 2. The molecule has 2 N–H and O–H groups in total. The fourth-order valence-corrected chi connectivity index (χ4v) is 3.04. The molecule has 1 unspecified atom stereocenters. The standard InChI is InChI=1S/C16H25N3O2/c1-4-11-17-12-7-5-8-13(15(12)19(20)21)18-14-9-6-10-16(14,2)3/h5,7-8,14,17-18H,4,6,9-11H2,1-3H3. The third-order valence-electron chi connectivity index (χ3n) is 4.37. The zero-order valence-electron chi connectivity index (χ0n) is 13.1. The van der Waals surface area contributed by atoms with E-state index < -0.39 is 0 Å². The van der Waals surface area contributed by atoms with E-state index in [9.17, 15) is 10.1 Å². The molecule has 0 spiro atoms. The second-order valence-corrected chi connectivity index (χ2v) is 6.46. The van der Waals surface area contributed by atoms with Gasteiger partial charge in [0.1, 0.15) is 11.4 Å². The smallest absolute Gasteiger partial charge is 0.315 e. The average Bonchev–Trinajstić information content (AvgIpc) is 2.75. The Morgan fingerprint density at radius 3 is 2.67 bits per heavy atom. The summed E-state index contributed by atoms with van der Waals surface area (Å²) in [5.74, 6) is 0. The second kappa shape index (κ2) is 6.33. The molecule has 5 nitrogen and oxygen atoms in total. The molecule has 1 aromatic carbocycles. The first kappa shape index (κ1) is 15.6. The number of nitro groups is 1. The first-order chi connectivity index (χ1) is 9.95. The fourth-order valence-electron chi connectivity index (χ4n) is 3.04. The molecule has 0 aromatic heterocycles. The van der Waals surface area contributed by atoms with Crippen LogP contribution in [-0.4, -0.2) is 17.5 Å². The summed E-state index contributed by atoms with van der Waals surface area (Å²) in [5, 5.41) is 18.0. The molecular weight excluding hydrogens is 266 g/mol. The number of hydrogen-bond acceptors (Lipinski definition) is 4. The van der Waals surface area contributed by atoms with Crippen LogP contribution in [0.4, 0.5) is 17.1 Å². The molecule has 21 heavy (non-hydrogen) atoms. The van der Waals surface area contributed by atoms with Crippen molar-refractivity contribution in [3.63, 3.8) is 0 Å². The lowest BCUT2D eigenvalue weighted by molar-refractivity contribution is -0.383. The summed E-state index contributed by atoms with van der Waals surface area (Å²) in [5.41, 5.74) is 1.57. The number of nitrogens with zero attached hydrogens (tertiary/aromatic N) is 1. The quantitative estimate of drug-likeness (QED) is 0.602. The van der Waals surface area contributed by atoms with Crippen LogP contribution in [0.3, 0.4) is 0 Å². The summed E-state index contributed by atoms with van der Waals surface area (Å²) >= 11 is 0. The Hall–Kier alpha value is -1.78. The third kappa shape index (κ3) is 3.46. The van der Waals surface area contributed by atoms with E-state index in [0.717, 1.165) is 25.8 Å². The van der Waals surface area contributed by atoms with Crippen LogP contribution >= 0.6 is 0 Å². The normalized spacial score (nSPS) is 20.2. The molecule has 0 bridgehead atoms. The van der Waals surface area contributed by atoms with Crippen molar-refractivity contribution in [1.29, 1.82) is 0 Å². The van der Waals surface area contributed by atoms with Crippen LogP contribution in [0, 0.1) is 15.5 Å². The highest BCUT2D eigenvalue weighted by Crippen LogP contribution is 2.41. The molecule has 1 fully saturated rings. The minimum Gasteiger partial charge on any atom is -0.379 e. The van der Waals surface area contributed by atoms with Crippen molar-refractivity contribution in [3.8, 4) is 0 Å². The van der Waals surface area contributed by atoms with Crippen LogP contribution in [0.15, 0.2) is 18.2 Å². The molecule has 1 aliphatic carbocycles. The minimum atomic E-state index is -0.289. The summed E-state index contributed by atoms with van der Waals surface area (Å²) in [6.45, 7) is 7.23. The Labute approximate surface area is 126 Å². The number of para-hydroxylation sites is 1. The maximum Gasteiger partial charge on any atom is 0.315 e. The topological polar surface area (TPSA) is 67.2 Å². The Morgan fingerprint density at radius 2 is 2.10 bits per heavy atom. The summed E-state index contributed by atoms with van der Waals surface area (Å²) in [7, 11) is 0. The van der Waals surface area contributed by atoms with E-state index in [-0.39, 0.29) is 22.1 Å². The lowest BCUT2D eigenvalue weighted by Crippen LogP contribution is -2.31. The zero-order chi connectivity index (χ0) is 15.5. The molecule has 1 saturated carbocycles. The van der Waals surface area contributed by atoms with E-state index in [1.807, 2.05) is 19.1 Å². The summed E-state index contributed by atoms with van der Waals surface area (Å²) < 4.78 is 0. The van der Waals surface area contributed by atoms with Gasteiger partial charge in [-0.1, -0.05) is 33.3 Å². The van der Waals surface area contributed by atoms with Gasteiger partial charge in [0.15, 0.2) is 0 Å². The largest absolute Gasteiger partial charge is 0.379 e. The highest BCUT2D eigenvalue weighted by molar-refractivity contribution is 5.76. The van der Waals surface area contributed by atoms with Crippen molar-refractivity contribution < 1.29 is 4.92 Å². The lowest BCUT2D eigenvalue weighted by Gasteiger charge is -2.28. The van der Waals surface area contributed by atoms with Crippen LogP contribution in [0.1, 0.15) is 46.5 Å². The maximum absolute atomic E-state index is 11.5. The number of hydrogen-bond donors (Lipinski definition) is 2. The van der Waals surface area contributed by atoms with E-state index in [4.69, 9.17) is 0 Å². The molecule has 0 aliphatic heterocycles. The lowest BCUT2D eigenvalue weighted by atomic mass is 9.87. The highest BCUT2D eigenvalue weighted by atomic mass is 16.6. The van der Waals surface area contributed by atoms with E-state index in [2.05, 4.69) is 24.5 Å². The van der Waals surface area contributed by atoms with Gasteiger partial charge in [0.05, 0.1) is 4.92 Å². The molecule has 0 radical (unpaired) electrons. The monoisotopic (exact) mass is 291 g/mol. The second-order valence-electron chi connectivity index (χ2n) is 6.46. The molecule has 1 aromatic rings. The Bertz CT molecular complexity index is 514. The number of rotatable bonds is 6. The molecule has 1 atom stereocenters. The first-order valence-electron chi connectivity index (χ1n) is 7.73. The zero-order valence-corrected chi connectivity index (χ0v) is 13.1.